The number of likely N-dealkylation sites (tertiary alicyclic amines) is 1. The van der Waals surface area contributed by atoms with Crippen molar-refractivity contribution < 1.29 is 4.79 Å². The van der Waals surface area contributed by atoms with Crippen molar-refractivity contribution in [1.29, 1.82) is 0 Å². The Bertz CT molecular complexity index is 289. The molecule has 1 fully saturated rings. The summed E-state index contributed by atoms with van der Waals surface area (Å²) in [6, 6.07) is 0. The molecule has 1 rings (SSSR count). The Morgan fingerprint density at radius 1 is 1.86 bits per heavy atom. The lowest BCUT2D eigenvalue weighted by Gasteiger charge is -2.33. The zero-order chi connectivity index (χ0) is 10.8. The molecule has 0 radical (unpaired) electrons. The molecule has 1 amide bonds. The Kier molecular flexibility index (Phi) is 3.00. The van der Waals surface area contributed by atoms with E-state index in [-0.39, 0.29) is 11.8 Å². The molecule has 0 bridgehead atoms. The van der Waals surface area contributed by atoms with Crippen molar-refractivity contribution in [2.24, 2.45) is 5.92 Å². The molecule has 0 aromatic carbocycles. The molecule has 2 unspecified atom stereocenters. The molecule has 0 saturated carbocycles. The van der Waals surface area contributed by atoms with Gasteiger partial charge in [-0.05, 0) is 13.3 Å². The standard InChI is InChI=1S/C12H17NO/c1-5-10-8-11(14)13(9-10)12(4,6-2)7-3/h2,5,10H,1,7-9H2,3-4H3. The Hall–Kier alpha value is -1.23. The van der Waals surface area contributed by atoms with Crippen molar-refractivity contribution >= 4 is 5.91 Å². The lowest BCUT2D eigenvalue weighted by Crippen LogP contribution is -2.45. The maximum absolute atomic E-state index is 11.7. The smallest absolute Gasteiger partial charge is 0.224 e. The average molecular weight is 191 g/mol. The van der Waals surface area contributed by atoms with E-state index in [2.05, 4.69) is 12.5 Å². The van der Waals surface area contributed by atoms with E-state index in [0.29, 0.717) is 6.42 Å². The van der Waals surface area contributed by atoms with Gasteiger partial charge in [0.05, 0.1) is 0 Å². The first-order valence-corrected chi connectivity index (χ1v) is 4.98. The van der Waals surface area contributed by atoms with Gasteiger partial charge in [0, 0.05) is 18.9 Å². The zero-order valence-corrected chi connectivity index (χ0v) is 8.92. The third kappa shape index (κ3) is 1.68. The molecule has 1 aliphatic heterocycles. The van der Waals surface area contributed by atoms with Gasteiger partial charge >= 0.3 is 0 Å². The van der Waals surface area contributed by atoms with Crippen molar-refractivity contribution in [1.82, 2.24) is 4.90 Å². The van der Waals surface area contributed by atoms with Crippen LogP contribution >= 0.6 is 0 Å². The predicted octanol–water partition coefficient (Wildman–Crippen LogP) is 1.82. The molecule has 76 valence electrons. The van der Waals surface area contributed by atoms with Crippen molar-refractivity contribution in [2.75, 3.05) is 6.54 Å². The van der Waals surface area contributed by atoms with Crippen LogP contribution in [0.25, 0.3) is 0 Å². The van der Waals surface area contributed by atoms with Crippen LogP contribution in [0.3, 0.4) is 0 Å². The number of terminal acetylenes is 1. The lowest BCUT2D eigenvalue weighted by molar-refractivity contribution is -0.131. The molecule has 0 N–H and O–H groups in total. The molecule has 1 heterocycles. The molecule has 14 heavy (non-hydrogen) atoms. The van der Waals surface area contributed by atoms with Gasteiger partial charge < -0.3 is 4.90 Å². The number of hydrogen-bond acceptors (Lipinski definition) is 1. The molecule has 0 aromatic rings. The van der Waals surface area contributed by atoms with Gasteiger partial charge in [0.25, 0.3) is 0 Å². The molecule has 1 aliphatic rings. The quantitative estimate of drug-likeness (QED) is 0.492. The van der Waals surface area contributed by atoms with Crippen molar-refractivity contribution in [2.45, 2.75) is 32.2 Å². The predicted molar refractivity (Wildman–Crippen MR) is 57.5 cm³/mol. The fourth-order valence-corrected chi connectivity index (χ4v) is 1.74. The summed E-state index contributed by atoms with van der Waals surface area (Å²) in [5.74, 6) is 3.13. The second-order valence-electron chi connectivity index (χ2n) is 3.98. The molecular weight excluding hydrogens is 174 g/mol. The van der Waals surface area contributed by atoms with Gasteiger partial charge in [-0.25, -0.2) is 0 Å². The number of hydrogen-bond donors (Lipinski definition) is 0. The summed E-state index contributed by atoms with van der Waals surface area (Å²) in [6.45, 7) is 8.38. The Balaban J connectivity index is 2.85. The molecule has 2 nitrogen and oxygen atoms in total. The highest BCUT2D eigenvalue weighted by Crippen LogP contribution is 2.28. The molecule has 0 aromatic heterocycles. The summed E-state index contributed by atoms with van der Waals surface area (Å²) in [4.78, 5) is 13.5. The monoisotopic (exact) mass is 191 g/mol. The minimum atomic E-state index is -0.422. The van der Waals surface area contributed by atoms with Crippen LogP contribution in [0.15, 0.2) is 12.7 Å². The maximum Gasteiger partial charge on any atom is 0.224 e. The van der Waals surface area contributed by atoms with Crippen molar-refractivity contribution in [3.8, 4) is 12.3 Å². The molecular formula is C12H17NO. The summed E-state index contributed by atoms with van der Waals surface area (Å²) in [5.41, 5.74) is -0.422. The van der Waals surface area contributed by atoms with Crippen LogP contribution in [0.5, 0.6) is 0 Å². The number of carbonyl (C=O) groups is 1. The molecule has 2 atom stereocenters. The largest absolute Gasteiger partial charge is 0.326 e. The Labute approximate surface area is 86.0 Å². The fraction of sp³-hybridized carbons (Fsp3) is 0.583. The maximum atomic E-state index is 11.7. The fourth-order valence-electron chi connectivity index (χ4n) is 1.74. The third-order valence-electron chi connectivity index (χ3n) is 3.08. The SMILES string of the molecule is C#CC(C)(CC)N1CC(C=C)CC1=O. The van der Waals surface area contributed by atoms with Crippen LogP contribution in [-0.2, 0) is 4.79 Å². The normalized spacial score (nSPS) is 25.6. The highest BCUT2D eigenvalue weighted by Gasteiger charge is 2.38. The van der Waals surface area contributed by atoms with Gasteiger partial charge in [0.1, 0.15) is 5.54 Å². The highest BCUT2D eigenvalue weighted by atomic mass is 16.2. The van der Waals surface area contributed by atoms with Crippen LogP contribution in [0.4, 0.5) is 0 Å². The summed E-state index contributed by atoms with van der Waals surface area (Å²) >= 11 is 0. The number of nitrogens with zero attached hydrogens (tertiary/aromatic N) is 1. The van der Waals surface area contributed by atoms with E-state index in [9.17, 15) is 4.79 Å². The van der Waals surface area contributed by atoms with Crippen LogP contribution in [-0.4, -0.2) is 22.9 Å². The summed E-state index contributed by atoms with van der Waals surface area (Å²) in [7, 11) is 0. The highest BCUT2D eigenvalue weighted by molar-refractivity contribution is 5.80. The first kappa shape index (κ1) is 10.8. The summed E-state index contributed by atoms with van der Waals surface area (Å²) < 4.78 is 0. The van der Waals surface area contributed by atoms with Gasteiger partial charge in [-0.15, -0.1) is 13.0 Å². The van der Waals surface area contributed by atoms with E-state index < -0.39 is 5.54 Å². The Morgan fingerprint density at radius 3 is 2.86 bits per heavy atom. The third-order valence-corrected chi connectivity index (χ3v) is 3.08. The van der Waals surface area contributed by atoms with Crippen LogP contribution in [0.1, 0.15) is 26.7 Å². The second kappa shape index (κ2) is 3.88. The van der Waals surface area contributed by atoms with Gasteiger partial charge in [-0.1, -0.05) is 18.9 Å². The first-order chi connectivity index (χ1) is 6.57. The Morgan fingerprint density at radius 2 is 2.50 bits per heavy atom. The van der Waals surface area contributed by atoms with E-state index in [1.165, 1.54) is 0 Å². The van der Waals surface area contributed by atoms with E-state index in [4.69, 9.17) is 6.42 Å². The molecule has 0 spiro atoms. The molecule has 1 saturated heterocycles. The van der Waals surface area contributed by atoms with Crippen LogP contribution < -0.4 is 0 Å². The number of amides is 1. The number of rotatable bonds is 3. The van der Waals surface area contributed by atoms with E-state index in [1.54, 1.807) is 4.90 Å². The molecule has 0 aliphatic carbocycles. The zero-order valence-electron chi connectivity index (χ0n) is 8.92. The van der Waals surface area contributed by atoms with E-state index in [0.717, 1.165) is 13.0 Å². The number of carbonyl (C=O) groups excluding carboxylic acids is 1. The second-order valence-corrected chi connectivity index (χ2v) is 3.98. The minimum absolute atomic E-state index is 0.150. The molecule has 2 heteroatoms. The van der Waals surface area contributed by atoms with Gasteiger partial charge in [0.15, 0.2) is 0 Å². The van der Waals surface area contributed by atoms with Crippen molar-refractivity contribution in [3.05, 3.63) is 12.7 Å². The van der Waals surface area contributed by atoms with Crippen LogP contribution in [0.2, 0.25) is 0 Å². The van der Waals surface area contributed by atoms with E-state index >= 15 is 0 Å². The topological polar surface area (TPSA) is 20.3 Å². The van der Waals surface area contributed by atoms with E-state index in [1.807, 2.05) is 19.9 Å². The minimum Gasteiger partial charge on any atom is -0.326 e. The van der Waals surface area contributed by atoms with Gasteiger partial charge in [0.2, 0.25) is 5.91 Å². The first-order valence-electron chi connectivity index (χ1n) is 4.98. The van der Waals surface area contributed by atoms with Crippen LogP contribution in [0, 0.1) is 18.3 Å². The van der Waals surface area contributed by atoms with Gasteiger partial charge in [-0.2, -0.15) is 0 Å². The lowest BCUT2D eigenvalue weighted by atomic mass is 9.98. The summed E-state index contributed by atoms with van der Waals surface area (Å²) in [5, 5.41) is 0. The van der Waals surface area contributed by atoms with Gasteiger partial charge in [-0.3, -0.25) is 4.79 Å². The van der Waals surface area contributed by atoms with Crippen molar-refractivity contribution in [3.63, 3.8) is 0 Å². The summed E-state index contributed by atoms with van der Waals surface area (Å²) in [6.07, 6.45) is 8.66. The average Bonchev–Trinajstić information content (AvgIpc) is 2.59.